The molecule has 18 heavy (non-hydrogen) atoms. The van der Waals surface area contributed by atoms with Crippen LogP contribution in [-0.2, 0) is 4.79 Å². The lowest BCUT2D eigenvalue weighted by Gasteiger charge is -2.28. The average molecular weight is 253 g/mol. The number of rotatable bonds is 6. The van der Waals surface area contributed by atoms with E-state index in [0.717, 1.165) is 0 Å². The van der Waals surface area contributed by atoms with Crippen molar-refractivity contribution in [2.75, 3.05) is 11.4 Å². The van der Waals surface area contributed by atoms with E-state index in [4.69, 9.17) is 5.11 Å². The lowest BCUT2D eigenvalue weighted by molar-refractivity contribution is -0.384. The summed E-state index contributed by atoms with van der Waals surface area (Å²) in [6, 6.07) is 1.20. The molecule has 1 heterocycles. The van der Waals surface area contributed by atoms with Crippen molar-refractivity contribution >= 4 is 17.3 Å². The molecule has 1 rings (SSSR count). The van der Waals surface area contributed by atoms with Crippen LogP contribution in [0.25, 0.3) is 0 Å². The molecule has 0 aliphatic carbocycles. The van der Waals surface area contributed by atoms with Crippen LogP contribution in [0.5, 0.6) is 0 Å². The number of pyridine rings is 1. The SMILES string of the molecule is CCN(c1ccncc1[N+](=O)[O-])C(C)CC(=O)O. The van der Waals surface area contributed by atoms with Gasteiger partial charge in [-0.05, 0) is 19.9 Å². The maximum atomic E-state index is 10.9. The standard InChI is InChI=1S/C11H15N3O4/c1-3-13(8(2)6-11(15)16)9-4-5-12-7-10(9)14(17)18/h4-5,7-8H,3,6H2,1-2H3,(H,15,16). The van der Waals surface area contributed by atoms with Crippen molar-refractivity contribution in [3.63, 3.8) is 0 Å². The van der Waals surface area contributed by atoms with Crippen LogP contribution in [0.3, 0.4) is 0 Å². The van der Waals surface area contributed by atoms with Crippen molar-refractivity contribution in [1.82, 2.24) is 4.98 Å². The Balaban J connectivity index is 3.08. The molecule has 98 valence electrons. The summed E-state index contributed by atoms with van der Waals surface area (Å²) in [5.41, 5.74) is 0.280. The highest BCUT2D eigenvalue weighted by atomic mass is 16.6. The molecule has 0 aliphatic rings. The Morgan fingerprint density at radius 3 is 2.83 bits per heavy atom. The predicted molar refractivity (Wildman–Crippen MR) is 65.6 cm³/mol. The summed E-state index contributed by atoms with van der Waals surface area (Å²) in [6.07, 6.45) is 2.55. The Hall–Kier alpha value is -2.18. The second kappa shape index (κ2) is 5.95. The van der Waals surface area contributed by atoms with Crippen LogP contribution in [0.2, 0.25) is 0 Å². The molecule has 0 saturated carbocycles. The fourth-order valence-corrected chi connectivity index (χ4v) is 1.84. The van der Waals surface area contributed by atoms with Gasteiger partial charge < -0.3 is 10.0 Å². The zero-order valence-electron chi connectivity index (χ0n) is 10.2. The Kier molecular flexibility index (Phi) is 4.59. The van der Waals surface area contributed by atoms with Gasteiger partial charge in [-0.3, -0.25) is 19.9 Å². The Labute approximate surface area is 104 Å². The molecular weight excluding hydrogens is 238 g/mol. The van der Waals surface area contributed by atoms with E-state index < -0.39 is 10.9 Å². The number of carboxylic acid groups (broad SMARTS) is 1. The van der Waals surface area contributed by atoms with Gasteiger partial charge in [0.2, 0.25) is 0 Å². The van der Waals surface area contributed by atoms with Crippen molar-refractivity contribution in [2.24, 2.45) is 0 Å². The number of aromatic nitrogens is 1. The quantitative estimate of drug-likeness (QED) is 0.612. The summed E-state index contributed by atoms with van der Waals surface area (Å²) in [7, 11) is 0. The van der Waals surface area contributed by atoms with E-state index >= 15 is 0 Å². The lowest BCUT2D eigenvalue weighted by atomic mass is 10.1. The van der Waals surface area contributed by atoms with E-state index in [2.05, 4.69) is 4.98 Å². The molecule has 0 fully saturated rings. The van der Waals surface area contributed by atoms with Crippen molar-refractivity contribution in [3.05, 3.63) is 28.6 Å². The van der Waals surface area contributed by atoms with Crippen LogP contribution < -0.4 is 4.90 Å². The molecule has 1 aromatic heterocycles. The third-order valence-electron chi connectivity index (χ3n) is 2.63. The van der Waals surface area contributed by atoms with Crippen LogP contribution in [0.4, 0.5) is 11.4 Å². The minimum atomic E-state index is -0.933. The van der Waals surface area contributed by atoms with Gasteiger partial charge in [0.25, 0.3) is 0 Å². The third kappa shape index (κ3) is 3.16. The average Bonchev–Trinajstić information content (AvgIpc) is 2.29. The van der Waals surface area contributed by atoms with E-state index in [9.17, 15) is 14.9 Å². The number of carbonyl (C=O) groups is 1. The lowest BCUT2D eigenvalue weighted by Crippen LogP contribution is -2.35. The summed E-state index contributed by atoms with van der Waals surface area (Å²) >= 11 is 0. The number of hydrogen-bond acceptors (Lipinski definition) is 5. The Morgan fingerprint density at radius 1 is 1.67 bits per heavy atom. The molecule has 1 unspecified atom stereocenters. The highest BCUT2D eigenvalue weighted by molar-refractivity contribution is 5.69. The topological polar surface area (TPSA) is 96.6 Å². The van der Waals surface area contributed by atoms with Gasteiger partial charge in [0.05, 0.1) is 11.3 Å². The maximum absolute atomic E-state index is 10.9. The summed E-state index contributed by atoms with van der Waals surface area (Å²) < 4.78 is 0. The molecule has 0 aliphatic heterocycles. The monoisotopic (exact) mass is 253 g/mol. The fraction of sp³-hybridized carbons (Fsp3) is 0.455. The smallest absolute Gasteiger partial charge is 0.310 e. The fourth-order valence-electron chi connectivity index (χ4n) is 1.84. The van der Waals surface area contributed by atoms with E-state index in [0.29, 0.717) is 12.2 Å². The first-order chi connectivity index (χ1) is 8.47. The summed E-state index contributed by atoms with van der Waals surface area (Å²) in [6.45, 7) is 4.03. The van der Waals surface area contributed by atoms with Gasteiger partial charge in [-0.2, -0.15) is 0 Å². The molecule has 1 aromatic rings. The third-order valence-corrected chi connectivity index (χ3v) is 2.63. The van der Waals surface area contributed by atoms with E-state index in [1.807, 2.05) is 6.92 Å². The first-order valence-electron chi connectivity index (χ1n) is 5.54. The molecule has 0 bridgehead atoms. The highest BCUT2D eigenvalue weighted by Gasteiger charge is 2.23. The largest absolute Gasteiger partial charge is 0.481 e. The molecule has 7 heteroatoms. The number of nitro groups is 1. The first kappa shape index (κ1) is 13.9. The second-order valence-electron chi connectivity index (χ2n) is 3.85. The van der Waals surface area contributed by atoms with E-state index in [1.165, 1.54) is 18.5 Å². The highest BCUT2D eigenvalue weighted by Crippen LogP contribution is 2.28. The molecule has 0 radical (unpaired) electrons. The zero-order valence-corrected chi connectivity index (χ0v) is 10.2. The van der Waals surface area contributed by atoms with Crippen molar-refractivity contribution in [2.45, 2.75) is 26.3 Å². The Morgan fingerprint density at radius 2 is 2.33 bits per heavy atom. The van der Waals surface area contributed by atoms with Gasteiger partial charge in [0.1, 0.15) is 11.9 Å². The number of anilines is 1. The molecular formula is C11H15N3O4. The van der Waals surface area contributed by atoms with E-state index in [-0.39, 0.29) is 18.2 Å². The first-order valence-corrected chi connectivity index (χ1v) is 5.54. The van der Waals surface area contributed by atoms with Crippen LogP contribution >= 0.6 is 0 Å². The number of carboxylic acids is 1. The number of nitrogens with zero attached hydrogens (tertiary/aromatic N) is 3. The summed E-state index contributed by atoms with van der Waals surface area (Å²) in [5, 5.41) is 19.7. The van der Waals surface area contributed by atoms with Crippen molar-refractivity contribution in [1.29, 1.82) is 0 Å². The second-order valence-corrected chi connectivity index (χ2v) is 3.85. The van der Waals surface area contributed by atoms with Crippen molar-refractivity contribution < 1.29 is 14.8 Å². The van der Waals surface area contributed by atoms with Gasteiger partial charge in [-0.15, -0.1) is 0 Å². The predicted octanol–water partition coefficient (Wildman–Crippen LogP) is 1.68. The van der Waals surface area contributed by atoms with Crippen LogP contribution in [-0.4, -0.2) is 33.6 Å². The minimum Gasteiger partial charge on any atom is -0.481 e. The molecule has 1 atom stereocenters. The molecule has 0 saturated heterocycles. The van der Waals surface area contributed by atoms with Crippen molar-refractivity contribution in [3.8, 4) is 0 Å². The maximum Gasteiger partial charge on any atom is 0.310 e. The number of aliphatic carboxylic acids is 1. The van der Waals surface area contributed by atoms with Gasteiger partial charge in [0, 0.05) is 18.8 Å². The Bertz CT molecular complexity index is 450. The summed E-state index contributed by atoms with van der Waals surface area (Å²) in [5.74, 6) is -0.933. The minimum absolute atomic E-state index is 0.0761. The van der Waals surface area contributed by atoms with Gasteiger partial charge in [0.15, 0.2) is 0 Å². The van der Waals surface area contributed by atoms with Crippen LogP contribution in [0.1, 0.15) is 20.3 Å². The molecule has 0 amide bonds. The van der Waals surface area contributed by atoms with Gasteiger partial charge in [-0.25, -0.2) is 0 Å². The van der Waals surface area contributed by atoms with Gasteiger partial charge >= 0.3 is 11.7 Å². The molecule has 1 N–H and O–H groups in total. The van der Waals surface area contributed by atoms with Crippen LogP contribution in [0.15, 0.2) is 18.5 Å². The van der Waals surface area contributed by atoms with Crippen LogP contribution in [0, 0.1) is 10.1 Å². The summed E-state index contributed by atoms with van der Waals surface area (Å²) in [4.78, 5) is 26.5. The normalized spacial score (nSPS) is 11.9. The number of hydrogen-bond donors (Lipinski definition) is 1. The zero-order chi connectivity index (χ0) is 13.7. The van der Waals surface area contributed by atoms with E-state index in [1.54, 1.807) is 11.8 Å². The van der Waals surface area contributed by atoms with Gasteiger partial charge in [-0.1, -0.05) is 0 Å². The molecule has 0 aromatic carbocycles. The molecule has 0 spiro atoms. The molecule has 7 nitrogen and oxygen atoms in total.